The summed E-state index contributed by atoms with van der Waals surface area (Å²) in [5.74, 6) is 1.31. The first-order valence-electron chi connectivity index (χ1n) is 8.88. The van der Waals surface area contributed by atoms with Crippen LogP contribution in [-0.4, -0.2) is 21.5 Å². The van der Waals surface area contributed by atoms with Gasteiger partial charge in [0.2, 0.25) is 0 Å². The van der Waals surface area contributed by atoms with E-state index in [1.165, 1.54) is 5.56 Å². The zero-order valence-corrected chi connectivity index (χ0v) is 14.6. The minimum absolute atomic E-state index is 0.530. The molecular weight excluding hydrogens is 336 g/mol. The van der Waals surface area contributed by atoms with Crippen LogP contribution in [0, 0.1) is 0 Å². The van der Waals surface area contributed by atoms with E-state index < -0.39 is 0 Å². The van der Waals surface area contributed by atoms with Gasteiger partial charge in [-0.3, -0.25) is 4.98 Å². The first-order valence-corrected chi connectivity index (χ1v) is 8.88. The monoisotopic (exact) mass is 354 g/mol. The molecule has 4 aromatic rings. The van der Waals surface area contributed by atoms with Crippen LogP contribution in [0.2, 0.25) is 0 Å². The van der Waals surface area contributed by atoms with Crippen molar-refractivity contribution in [3.8, 4) is 0 Å². The van der Waals surface area contributed by atoms with Crippen molar-refractivity contribution in [3.05, 3.63) is 72.7 Å². The molecule has 0 saturated carbocycles. The third kappa shape index (κ3) is 2.62. The number of nitrogens with two attached hydrogens (primary N) is 1. The van der Waals surface area contributed by atoms with Crippen molar-refractivity contribution in [1.29, 1.82) is 0 Å². The molecule has 5 rings (SSSR count). The lowest BCUT2D eigenvalue weighted by Gasteiger charge is -2.21. The van der Waals surface area contributed by atoms with Crippen LogP contribution in [0.25, 0.3) is 10.9 Å². The number of hydrogen-bond donors (Lipinski definition) is 2. The molecule has 0 unspecified atom stereocenters. The number of hydrogen-bond acceptors (Lipinski definition) is 6. The topological polar surface area (TPSA) is 80.0 Å². The normalized spacial score (nSPS) is 13.0. The molecule has 0 atom stereocenters. The van der Waals surface area contributed by atoms with E-state index in [1.54, 1.807) is 12.5 Å². The first-order chi connectivity index (χ1) is 13.3. The van der Waals surface area contributed by atoms with E-state index >= 15 is 0 Å². The van der Waals surface area contributed by atoms with Crippen LogP contribution in [-0.2, 0) is 6.42 Å². The van der Waals surface area contributed by atoms with Gasteiger partial charge in [0.1, 0.15) is 12.0 Å². The van der Waals surface area contributed by atoms with E-state index in [1.807, 2.05) is 36.4 Å². The van der Waals surface area contributed by atoms with Crippen molar-refractivity contribution in [1.82, 2.24) is 15.0 Å². The molecule has 0 radical (unpaired) electrons. The summed E-state index contributed by atoms with van der Waals surface area (Å²) in [4.78, 5) is 15.5. The predicted molar refractivity (Wildman–Crippen MR) is 109 cm³/mol. The number of benzene rings is 2. The Bertz CT molecular complexity index is 1140. The number of para-hydroxylation sites is 2. The standard InChI is InChI=1S/C21H18N6/c22-18-20(26-16-8-3-6-15-7-4-11-23-19(15)16)24-13-25-21(18)27-12-10-14-5-1-2-9-17(14)27/h1-9,11,13H,10,12,22H2,(H,24,25,26). The number of rotatable bonds is 3. The van der Waals surface area contributed by atoms with Crippen molar-refractivity contribution in [2.75, 3.05) is 22.5 Å². The Balaban J connectivity index is 1.55. The summed E-state index contributed by atoms with van der Waals surface area (Å²) in [6.45, 7) is 0.857. The Kier molecular flexibility index (Phi) is 3.60. The van der Waals surface area contributed by atoms with Crippen LogP contribution < -0.4 is 16.0 Å². The van der Waals surface area contributed by atoms with Gasteiger partial charge in [-0.2, -0.15) is 0 Å². The van der Waals surface area contributed by atoms with E-state index in [2.05, 4.69) is 43.4 Å². The maximum Gasteiger partial charge on any atom is 0.161 e. The van der Waals surface area contributed by atoms with Gasteiger partial charge in [0, 0.05) is 23.8 Å². The molecule has 6 nitrogen and oxygen atoms in total. The molecule has 3 heterocycles. The Morgan fingerprint density at radius 3 is 2.78 bits per heavy atom. The SMILES string of the molecule is Nc1c(Nc2cccc3cccnc23)ncnc1N1CCc2ccccc21. The average Bonchev–Trinajstić information content (AvgIpc) is 3.14. The second kappa shape index (κ2) is 6.25. The minimum atomic E-state index is 0.530. The van der Waals surface area contributed by atoms with E-state index in [0.717, 1.165) is 41.1 Å². The van der Waals surface area contributed by atoms with Crippen LogP contribution in [0.4, 0.5) is 28.7 Å². The number of nitrogen functional groups attached to an aromatic ring is 1. The van der Waals surface area contributed by atoms with Crippen molar-refractivity contribution in [3.63, 3.8) is 0 Å². The van der Waals surface area contributed by atoms with E-state index in [9.17, 15) is 0 Å². The number of pyridine rings is 1. The molecule has 0 aliphatic carbocycles. The molecule has 6 heteroatoms. The van der Waals surface area contributed by atoms with E-state index in [-0.39, 0.29) is 0 Å². The molecule has 3 N–H and O–H groups in total. The molecule has 27 heavy (non-hydrogen) atoms. The highest BCUT2D eigenvalue weighted by molar-refractivity contribution is 5.93. The molecule has 1 aliphatic heterocycles. The summed E-state index contributed by atoms with van der Waals surface area (Å²) in [7, 11) is 0. The van der Waals surface area contributed by atoms with Gasteiger partial charge in [-0.15, -0.1) is 0 Å². The lowest BCUT2D eigenvalue weighted by Crippen LogP contribution is -2.17. The summed E-state index contributed by atoms with van der Waals surface area (Å²) < 4.78 is 0. The summed E-state index contributed by atoms with van der Waals surface area (Å²) >= 11 is 0. The molecule has 2 aromatic heterocycles. The molecule has 1 aliphatic rings. The smallest absolute Gasteiger partial charge is 0.161 e. The summed E-state index contributed by atoms with van der Waals surface area (Å²) in [5.41, 5.74) is 11.2. The van der Waals surface area contributed by atoms with E-state index in [0.29, 0.717) is 11.5 Å². The third-order valence-electron chi connectivity index (χ3n) is 4.89. The molecule has 132 valence electrons. The minimum Gasteiger partial charge on any atom is -0.393 e. The molecule has 0 fully saturated rings. The number of anilines is 5. The molecule has 0 amide bonds. The second-order valence-corrected chi connectivity index (χ2v) is 6.50. The van der Waals surface area contributed by atoms with Gasteiger partial charge in [0.15, 0.2) is 11.6 Å². The maximum atomic E-state index is 6.46. The van der Waals surface area contributed by atoms with Crippen LogP contribution >= 0.6 is 0 Å². The predicted octanol–water partition coefficient (Wildman–Crippen LogP) is 4.04. The number of nitrogens with zero attached hydrogens (tertiary/aromatic N) is 4. The highest BCUT2D eigenvalue weighted by Gasteiger charge is 2.24. The zero-order chi connectivity index (χ0) is 18.2. The van der Waals surface area contributed by atoms with Crippen LogP contribution in [0.5, 0.6) is 0 Å². The Hall–Kier alpha value is -3.67. The largest absolute Gasteiger partial charge is 0.393 e. The lowest BCUT2D eigenvalue weighted by molar-refractivity contribution is 0.967. The Morgan fingerprint density at radius 1 is 0.926 bits per heavy atom. The molecule has 0 bridgehead atoms. The van der Waals surface area contributed by atoms with Gasteiger partial charge < -0.3 is 16.0 Å². The maximum absolute atomic E-state index is 6.46. The van der Waals surface area contributed by atoms with Gasteiger partial charge in [-0.1, -0.05) is 36.4 Å². The summed E-state index contributed by atoms with van der Waals surface area (Å²) in [6.07, 6.45) is 4.31. The molecule has 0 spiro atoms. The van der Waals surface area contributed by atoms with Crippen LogP contribution in [0.15, 0.2) is 67.1 Å². The van der Waals surface area contributed by atoms with Crippen LogP contribution in [0.3, 0.4) is 0 Å². The van der Waals surface area contributed by atoms with E-state index in [4.69, 9.17) is 5.73 Å². The highest BCUT2D eigenvalue weighted by atomic mass is 15.2. The van der Waals surface area contributed by atoms with Crippen molar-refractivity contribution < 1.29 is 0 Å². The van der Waals surface area contributed by atoms with Crippen molar-refractivity contribution in [2.24, 2.45) is 0 Å². The quantitative estimate of drug-likeness (QED) is 0.578. The highest BCUT2D eigenvalue weighted by Crippen LogP contribution is 2.38. The average molecular weight is 354 g/mol. The fourth-order valence-electron chi connectivity index (χ4n) is 3.59. The second-order valence-electron chi connectivity index (χ2n) is 6.50. The Labute approximate surface area is 156 Å². The van der Waals surface area contributed by atoms with Gasteiger partial charge in [0.25, 0.3) is 0 Å². The third-order valence-corrected chi connectivity index (χ3v) is 4.89. The Morgan fingerprint density at radius 2 is 1.81 bits per heavy atom. The number of aromatic nitrogens is 3. The summed E-state index contributed by atoms with van der Waals surface area (Å²) in [6, 6.07) is 18.3. The molecular formula is C21H18N6. The lowest BCUT2D eigenvalue weighted by atomic mass is 10.2. The van der Waals surface area contributed by atoms with Gasteiger partial charge in [0.05, 0.1) is 11.2 Å². The van der Waals surface area contributed by atoms with Gasteiger partial charge >= 0.3 is 0 Å². The number of nitrogens with one attached hydrogen (secondary N) is 1. The van der Waals surface area contributed by atoms with Crippen LogP contribution in [0.1, 0.15) is 5.56 Å². The number of fused-ring (bicyclic) bond motifs is 2. The summed E-state index contributed by atoms with van der Waals surface area (Å²) in [5, 5.41) is 4.40. The van der Waals surface area contributed by atoms with Gasteiger partial charge in [-0.05, 0) is 30.2 Å². The van der Waals surface area contributed by atoms with Crippen molar-refractivity contribution in [2.45, 2.75) is 6.42 Å². The van der Waals surface area contributed by atoms with Crippen molar-refractivity contribution >= 4 is 39.6 Å². The fourth-order valence-corrected chi connectivity index (χ4v) is 3.59. The molecule has 2 aromatic carbocycles. The zero-order valence-electron chi connectivity index (χ0n) is 14.6. The molecule has 0 saturated heterocycles. The van der Waals surface area contributed by atoms with Gasteiger partial charge in [-0.25, -0.2) is 9.97 Å². The fraction of sp³-hybridized carbons (Fsp3) is 0.0952. The first kappa shape index (κ1) is 15.6.